The van der Waals surface area contributed by atoms with Crippen LogP contribution in [0.2, 0.25) is 0 Å². The van der Waals surface area contributed by atoms with Gasteiger partial charge in [-0.2, -0.15) is 4.31 Å². The summed E-state index contributed by atoms with van der Waals surface area (Å²) in [4.78, 5) is 28.2. The first-order valence-corrected chi connectivity index (χ1v) is 10.6. The Bertz CT molecular complexity index is 1030. The lowest BCUT2D eigenvalue weighted by molar-refractivity contribution is -0.114. The van der Waals surface area contributed by atoms with Crippen molar-refractivity contribution in [2.24, 2.45) is 0 Å². The summed E-state index contributed by atoms with van der Waals surface area (Å²) in [6, 6.07) is 13.8. The van der Waals surface area contributed by atoms with E-state index in [1.807, 2.05) is 11.8 Å². The zero-order valence-corrected chi connectivity index (χ0v) is 16.4. The quantitative estimate of drug-likeness (QED) is 0.728. The summed E-state index contributed by atoms with van der Waals surface area (Å²) >= 11 is 0. The van der Waals surface area contributed by atoms with E-state index in [1.54, 1.807) is 48.5 Å². The second-order valence-electron chi connectivity index (χ2n) is 7.06. The molecule has 2 aliphatic heterocycles. The van der Waals surface area contributed by atoms with Gasteiger partial charge in [-0.1, -0.05) is 29.8 Å². The van der Waals surface area contributed by atoms with Crippen molar-refractivity contribution in [2.75, 3.05) is 37.7 Å². The minimum Gasteiger partial charge on any atom is -0.291 e. The molecule has 2 aliphatic rings. The van der Waals surface area contributed by atoms with Crippen LogP contribution in [0.25, 0.3) is 0 Å². The molecule has 0 saturated carbocycles. The molecule has 2 heterocycles. The maximum Gasteiger partial charge on any atom is 0.300 e. The number of amides is 1. The van der Waals surface area contributed by atoms with Gasteiger partial charge in [-0.05, 0) is 31.2 Å². The molecule has 7 nitrogen and oxygen atoms in total. The van der Waals surface area contributed by atoms with Crippen molar-refractivity contribution >= 4 is 27.4 Å². The lowest BCUT2D eigenvalue weighted by Gasteiger charge is -2.35. The number of sulfonamides is 1. The lowest BCUT2D eigenvalue weighted by atomic mass is 10.1. The minimum absolute atomic E-state index is 0.278. The monoisotopic (exact) mass is 399 g/mol. The number of fused-ring (bicyclic) bond motifs is 1. The van der Waals surface area contributed by atoms with Crippen molar-refractivity contribution in [3.63, 3.8) is 0 Å². The summed E-state index contributed by atoms with van der Waals surface area (Å²) in [6.07, 6.45) is 0. The number of carbonyl (C=O) groups is 2. The number of carbonyl (C=O) groups excluding carboxylic acids is 2. The van der Waals surface area contributed by atoms with E-state index < -0.39 is 21.7 Å². The Kier molecular flexibility index (Phi) is 4.78. The molecule has 0 atom stereocenters. The number of rotatable bonds is 4. The Hall–Kier alpha value is -2.55. The zero-order valence-electron chi connectivity index (χ0n) is 15.5. The van der Waals surface area contributed by atoms with Gasteiger partial charge in [0.1, 0.15) is 0 Å². The van der Waals surface area contributed by atoms with E-state index in [9.17, 15) is 18.0 Å². The molecule has 28 heavy (non-hydrogen) atoms. The number of Topliss-reactive ketones (excluding diaryl/α,β-unsaturated/α-hetero) is 1. The third-order valence-corrected chi connectivity index (χ3v) is 7.12. The molecule has 4 rings (SSSR count). The largest absolute Gasteiger partial charge is 0.300 e. The first-order valence-electron chi connectivity index (χ1n) is 9.12. The summed E-state index contributed by atoms with van der Waals surface area (Å²) in [7, 11) is -3.53. The van der Waals surface area contributed by atoms with Crippen LogP contribution in [0.1, 0.15) is 15.9 Å². The number of piperazine rings is 1. The van der Waals surface area contributed by atoms with E-state index in [1.165, 1.54) is 9.21 Å². The molecule has 1 fully saturated rings. The molecule has 0 radical (unpaired) electrons. The standard InChI is InChI=1S/C20H21N3O4S/c1-15-6-8-16(9-7-15)28(26,27)22-12-10-21(11-13-22)14-23-18-5-3-2-4-17(18)19(24)20(23)25/h2-9H,10-14H2,1H3. The minimum atomic E-state index is -3.53. The second-order valence-corrected chi connectivity index (χ2v) is 8.99. The number of nitrogens with zero attached hydrogens (tertiary/aromatic N) is 3. The molecular formula is C20H21N3O4S. The summed E-state index contributed by atoms with van der Waals surface area (Å²) in [5.41, 5.74) is 2.05. The topological polar surface area (TPSA) is 78.0 Å². The molecule has 0 bridgehead atoms. The van der Waals surface area contributed by atoms with Crippen LogP contribution in [0.4, 0.5) is 5.69 Å². The Morgan fingerprint density at radius 1 is 0.893 bits per heavy atom. The number of benzene rings is 2. The lowest BCUT2D eigenvalue weighted by Crippen LogP contribution is -2.52. The van der Waals surface area contributed by atoms with Gasteiger partial charge in [0, 0.05) is 26.2 Å². The average molecular weight is 399 g/mol. The predicted molar refractivity (Wildman–Crippen MR) is 105 cm³/mol. The number of aryl methyl sites for hydroxylation is 1. The van der Waals surface area contributed by atoms with Crippen molar-refractivity contribution in [1.82, 2.24) is 9.21 Å². The third kappa shape index (κ3) is 3.23. The molecule has 2 aromatic carbocycles. The van der Waals surface area contributed by atoms with Gasteiger partial charge in [-0.25, -0.2) is 8.42 Å². The predicted octanol–water partition coefficient (Wildman–Crippen LogP) is 1.49. The van der Waals surface area contributed by atoms with Crippen LogP contribution in [0.15, 0.2) is 53.4 Å². The highest BCUT2D eigenvalue weighted by Crippen LogP contribution is 2.29. The van der Waals surface area contributed by atoms with Crippen LogP contribution in [0, 0.1) is 6.92 Å². The highest BCUT2D eigenvalue weighted by Gasteiger charge is 2.37. The van der Waals surface area contributed by atoms with Crippen LogP contribution < -0.4 is 4.90 Å². The van der Waals surface area contributed by atoms with E-state index in [0.29, 0.717) is 42.3 Å². The summed E-state index contributed by atoms with van der Waals surface area (Å²) in [5, 5.41) is 0. The molecule has 0 spiro atoms. The maximum absolute atomic E-state index is 12.8. The van der Waals surface area contributed by atoms with Gasteiger partial charge in [0.05, 0.1) is 22.8 Å². The fraction of sp³-hybridized carbons (Fsp3) is 0.300. The van der Waals surface area contributed by atoms with Crippen LogP contribution in [0.3, 0.4) is 0 Å². The molecule has 0 aromatic heterocycles. The highest BCUT2D eigenvalue weighted by molar-refractivity contribution is 7.89. The molecule has 0 unspecified atom stereocenters. The van der Waals surface area contributed by atoms with E-state index in [0.717, 1.165) is 5.56 Å². The van der Waals surface area contributed by atoms with Gasteiger partial charge >= 0.3 is 5.91 Å². The average Bonchev–Trinajstić information content (AvgIpc) is 2.94. The molecule has 0 N–H and O–H groups in total. The number of hydrogen-bond acceptors (Lipinski definition) is 5. The number of hydrogen-bond donors (Lipinski definition) is 0. The van der Waals surface area contributed by atoms with E-state index >= 15 is 0 Å². The van der Waals surface area contributed by atoms with Gasteiger partial charge < -0.3 is 0 Å². The van der Waals surface area contributed by atoms with Gasteiger partial charge in [0.15, 0.2) is 0 Å². The van der Waals surface area contributed by atoms with Gasteiger partial charge in [0.2, 0.25) is 10.0 Å². The molecule has 2 aromatic rings. The first-order chi connectivity index (χ1) is 13.4. The van der Waals surface area contributed by atoms with Crippen LogP contribution in [-0.4, -0.2) is 62.2 Å². The molecule has 1 saturated heterocycles. The van der Waals surface area contributed by atoms with Crippen molar-refractivity contribution in [3.05, 3.63) is 59.7 Å². The van der Waals surface area contributed by atoms with Crippen LogP contribution in [0.5, 0.6) is 0 Å². The summed E-state index contributed by atoms with van der Waals surface area (Å²) in [5.74, 6) is -1.02. The smallest absolute Gasteiger partial charge is 0.291 e. The van der Waals surface area contributed by atoms with Crippen molar-refractivity contribution in [1.29, 1.82) is 0 Å². The van der Waals surface area contributed by atoms with Crippen molar-refractivity contribution in [2.45, 2.75) is 11.8 Å². The second kappa shape index (κ2) is 7.12. The number of ketones is 1. The Balaban J connectivity index is 1.43. The van der Waals surface area contributed by atoms with Gasteiger partial charge in [-0.15, -0.1) is 0 Å². The molecule has 0 aliphatic carbocycles. The van der Waals surface area contributed by atoms with E-state index in [4.69, 9.17) is 0 Å². The normalized spacial score (nSPS) is 18.5. The molecule has 1 amide bonds. The fourth-order valence-corrected chi connectivity index (χ4v) is 4.98. The SMILES string of the molecule is Cc1ccc(S(=O)(=O)N2CCN(CN3C(=O)C(=O)c4ccccc43)CC2)cc1. The number of para-hydroxylation sites is 1. The Morgan fingerprint density at radius 2 is 1.54 bits per heavy atom. The summed E-state index contributed by atoms with van der Waals surface area (Å²) in [6.45, 7) is 3.86. The summed E-state index contributed by atoms with van der Waals surface area (Å²) < 4.78 is 27.1. The van der Waals surface area contributed by atoms with Crippen molar-refractivity contribution in [3.8, 4) is 0 Å². The van der Waals surface area contributed by atoms with Crippen LogP contribution in [-0.2, 0) is 14.8 Å². The maximum atomic E-state index is 12.8. The number of anilines is 1. The van der Waals surface area contributed by atoms with Gasteiger partial charge in [0.25, 0.3) is 5.78 Å². The first kappa shape index (κ1) is 18.8. The molecule has 8 heteroatoms. The Morgan fingerprint density at radius 3 is 2.21 bits per heavy atom. The Labute approximate surface area is 164 Å². The third-order valence-electron chi connectivity index (χ3n) is 5.21. The van der Waals surface area contributed by atoms with E-state index in [-0.39, 0.29) is 6.67 Å². The van der Waals surface area contributed by atoms with E-state index in [2.05, 4.69) is 0 Å². The van der Waals surface area contributed by atoms with Crippen molar-refractivity contribution < 1.29 is 18.0 Å². The zero-order chi connectivity index (χ0) is 19.9. The molecular weight excluding hydrogens is 378 g/mol. The van der Waals surface area contributed by atoms with Gasteiger partial charge in [-0.3, -0.25) is 19.4 Å². The highest BCUT2D eigenvalue weighted by atomic mass is 32.2. The van der Waals surface area contributed by atoms with Crippen LogP contribution >= 0.6 is 0 Å². The fourth-order valence-electron chi connectivity index (χ4n) is 3.56. The molecule has 146 valence electrons.